The molecule has 0 aliphatic carbocycles. The molecule has 0 amide bonds. The van der Waals surface area contributed by atoms with Crippen LogP contribution in [-0.4, -0.2) is 5.71 Å². The van der Waals surface area contributed by atoms with Gasteiger partial charge in [0.1, 0.15) is 0 Å². The highest BCUT2D eigenvalue weighted by Gasteiger charge is 1.79. The van der Waals surface area contributed by atoms with Gasteiger partial charge in [-0.2, -0.15) is 0 Å². The maximum atomic E-state index is 9.45. The SMILES string of the molecule is CCC(C)=N[O]. The maximum absolute atomic E-state index is 9.45. The van der Waals surface area contributed by atoms with Crippen LogP contribution < -0.4 is 0 Å². The molecule has 0 saturated heterocycles. The third-order valence-corrected chi connectivity index (χ3v) is 0.668. The fraction of sp³-hybridized carbons (Fsp3) is 0.750. The van der Waals surface area contributed by atoms with Crippen molar-refractivity contribution in [2.45, 2.75) is 20.3 Å². The minimum absolute atomic E-state index is 0.662. The Kier molecular flexibility index (Phi) is 2.46. The molecule has 6 heavy (non-hydrogen) atoms. The first-order valence-electron chi connectivity index (χ1n) is 1.97. The molecule has 0 aliphatic rings. The van der Waals surface area contributed by atoms with Gasteiger partial charge in [-0.05, 0) is 18.5 Å². The van der Waals surface area contributed by atoms with Crippen molar-refractivity contribution >= 4 is 5.71 Å². The van der Waals surface area contributed by atoms with Crippen molar-refractivity contribution in [2.75, 3.05) is 0 Å². The van der Waals surface area contributed by atoms with Gasteiger partial charge in [-0.3, -0.25) is 0 Å². The summed E-state index contributed by atoms with van der Waals surface area (Å²) >= 11 is 0. The zero-order chi connectivity index (χ0) is 4.99. The van der Waals surface area contributed by atoms with Gasteiger partial charge in [-0.15, -0.1) is 5.21 Å². The van der Waals surface area contributed by atoms with Gasteiger partial charge in [0.05, 0.1) is 5.71 Å². The van der Waals surface area contributed by atoms with E-state index in [1.165, 1.54) is 0 Å². The van der Waals surface area contributed by atoms with Crippen LogP contribution in [0.5, 0.6) is 0 Å². The fourth-order valence-electron chi connectivity index (χ4n) is 0.0645. The van der Waals surface area contributed by atoms with Crippen molar-refractivity contribution in [3.05, 3.63) is 0 Å². The third-order valence-electron chi connectivity index (χ3n) is 0.668. The van der Waals surface area contributed by atoms with Crippen LogP contribution in [0.15, 0.2) is 5.16 Å². The Morgan fingerprint density at radius 2 is 2.33 bits per heavy atom. The van der Waals surface area contributed by atoms with Crippen LogP contribution in [0.4, 0.5) is 0 Å². The molecule has 0 aromatic rings. The molecule has 1 radical (unpaired) electrons. The first-order valence-corrected chi connectivity index (χ1v) is 1.97. The third kappa shape index (κ3) is 1.76. The summed E-state index contributed by atoms with van der Waals surface area (Å²) in [5.74, 6) is 0. The highest BCUT2D eigenvalue weighted by Crippen LogP contribution is 1.78. The predicted octanol–water partition coefficient (Wildman–Crippen LogP) is 1.20. The molecule has 0 atom stereocenters. The number of hydrogen-bond acceptors (Lipinski definition) is 1. The Hall–Kier alpha value is -0.530. The van der Waals surface area contributed by atoms with Gasteiger partial charge < -0.3 is 0 Å². The number of hydrogen-bond donors (Lipinski definition) is 0. The summed E-state index contributed by atoms with van der Waals surface area (Å²) < 4.78 is 0. The Labute approximate surface area is 37.5 Å². The molecule has 0 unspecified atom stereocenters. The second-order valence-electron chi connectivity index (χ2n) is 1.18. The molecule has 0 rings (SSSR count). The van der Waals surface area contributed by atoms with E-state index >= 15 is 0 Å². The Balaban J connectivity index is 3.22. The van der Waals surface area contributed by atoms with E-state index < -0.39 is 0 Å². The van der Waals surface area contributed by atoms with Gasteiger partial charge in [-0.25, -0.2) is 0 Å². The van der Waals surface area contributed by atoms with Crippen molar-refractivity contribution in [3.8, 4) is 0 Å². The van der Waals surface area contributed by atoms with Crippen LogP contribution in [0.3, 0.4) is 0 Å². The lowest BCUT2D eigenvalue weighted by atomic mass is 10.3. The molecule has 0 aromatic carbocycles. The van der Waals surface area contributed by atoms with Gasteiger partial charge in [0.15, 0.2) is 0 Å². The minimum atomic E-state index is 0.662. The monoisotopic (exact) mass is 86.1 g/mol. The van der Waals surface area contributed by atoms with E-state index in [2.05, 4.69) is 5.16 Å². The lowest BCUT2D eigenvalue weighted by molar-refractivity contribution is 0.208. The molecule has 0 saturated carbocycles. The zero-order valence-electron chi connectivity index (χ0n) is 4.06. The standard InChI is InChI=1S/C4H8NO/c1-3-4(2)5-6/h3H2,1-2H3. The normalized spacial score (nSPS) is 12.0. The second kappa shape index (κ2) is 2.69. The smallest absolute Gasteiger partial charge is 0.0590 e. The van der Waals surface area contributed by atoms with Crippen molar-refractivity contribution in [1.82, 2.24) is 0 Å². The molecule has 0 fully saturated rings. The fourth-order valence-corrected chi connectivity index (χ4v) is 0.0645. The van der Waals surface area contributed by atoms with Crippen LogP contribution in [0, 0.1) is 0 Å². The molecular formula is C4H8NO. The Bertz CT molecular complexity index is 58.6. The van der Waals surface area contributed by atoms with Gasteiger partial charge in [-0.1, -0.05) is 6.92 Å². The molecule has 0 bridgehead atoms. The van der Waals surface area contributed by atoms with Crippen LogP contribution in [0.1, 0.15) is 20.3 Å². The van der Waals surface area contributed by atoms with Gasteiger partial charge in [0.2, 0.25) is 0 Å². The summed E-state index contributed by atoms with van der Waals surface area (Å²) in [6, 6.07) is 0. The largest absolute Gasteiger partial charge is 0.146 e. The summed E-state index contributed by atoms with van der Waals surface area (Å²) in [7, 11) is 0. The summed E-state index contributed by atoms with van der Waals surface area (Å²) in [6.07, 6.45) is 0.767. The molecule has 0 aliphatic heterocycles. The van der Waals surface area contributed by atoms with Crippen LogP contribution in [0.2, 0.25) is 0 Å². The topological polar surface area (TPSA) is 32.3 Å². The molecule has 0 spiro atoms. The van der Waals surface area contributed by atoms with E-state index in [4.69, 9.17) is 0 Å². The quantitative estimate of drug-likeness (QED) is 0.339. The summed E-state index contributed by atoms with van der Waals surface area (Å²) in [5, 5.41) is 12.1. The minimum Gasteiger partial charge on any atom is -0.146 e. The summed E-state index contributed by atoms with van der Waals surface area (Å²) in [6.45, 7) is 3.61. The molecule has 2 heteroatoms. The lowest BCUT2D eigenvalue weighted by Crippen LogP contribution is -1.82. The molecule has 2 nitrogen and oxygen atoms in total. The van der Waals surface area contributed by atoms with Crippen molar-refractivity contribution in [1.29, 1.82) is 0 Å². The van der Waals surface area contributed by atoms with Crippen LogP contribution >= 0.6 is 0 Å². The van der Waals surface area contributed by atoms with E-state index in [-0.39, 0.29) is 0 Å². The van der Waals surface area contributed by atoms with Crippen LogP contribution in [-0.2, 0) is 5.21 Å². The van der Waals surface area contributed by atoms with Gasteiger partial charge in [0, 0.05) is 0 Å². The molecule has 0 N–H and O–H groups in total. The van der Waals surface area contributed by atoms with E-state index in [0.717, 1.165) is 6.42 Å². The maximum Gasteiger partial charge on any atom is 0.0590 e. The second-order valence-corrected chi connectivity index (χ2v) is 1.18. The van der Waals surface area contributed by atoms with E-state index in [1.807, 2.05) is 6.92 Å². The average molecular weight is 86.1 g/mol. The number of nitrogens with zero attached hydrogens (tertiary/aromatic N) is 1. The average Bonchev–Trinajstić information content (AvgIpc) is 1.65. The zero-order valence-corrected chi connectivity index (χ0v) is 4.06. The molecule has 0 heterocycles. The van der Waals surface area contributed by atoms with Crippen molar-refractivity contribution in [2.24, 2.45) is 5.16 Å². The van der Waals surface area contributed by atoms with Crippen LogP contribution in [0.25, 0.3) is 0 Å². The molecule has 0 aromatic heterocycles. The van der Waals surface area contributed by atoms with E-state index in [0.29, 0.717) is 5.71 Å². The Morgan fingerprint density at radius 3 is 2.33 bits per heavy atom. The lowest BCUT2D eigenvalue weighted by Gasteiger charge is -1.79. The summed E-state index contributed by atoms with van der Waals surface area (Å²) in [5.41, 5.74) is 0.662. The number of rotatable bonds is 1. The highest BCUT2D eigenvalue weighted by atomic mass is 16.4. The Morgan fingerprint density at radius 1 is 1.83 bits per heavy atom. The van der Waals surface area contributed by atoms with Crippen molar-refractivity contribution in [3.63, 3.8) is 0 Å². The van der Waals surface area contributed by atoms with Gasteiger partial charge >= 0.3 is 0 Å². The first kappa shape index (κ1) is 5.47. The molecular weight excluding hydrogens is 78.0 g/mol. The van der Waals surface area contributed by atoms with Crippen molar-refractivity contribution < 1.29 is 5.21 Å². The predicted molar refractivity (Wildman–Crippen MR) is 24.1 cm³/mol. The molecule has 35 valence electrons. The highest BCUT2D eigenvalue weighted by molar-refractivity contribution is 5.80. The summed E-state index contributed by atoms with van der Waals surface area (Å²) in [4.78, 5) is 0. The van der Waals surface area contributed by atoms with E-state index in [1.54, 1.807) is 6.92 Å². The van der Waals surface area contributed by atoms with E-state index in [9.17, 15) is 5.21 Å². The van der Waals surface area contributed by atoms with Gasteiger partial charge in [0.25, 0.3) is 0 Å². The first-order chi connectivity index (χ1) is 2.81.